The number of rotatable bonds is 5. The summed E-state index contributed by atoms with van der Waals surface area (Å²) in [6.45, 7) is 1.97. The van der Waals surface area contributed by atoms with Gasteiger partial charge in [-0.05, 0) is 12.5 Å². The first-order chi connectivity index (χ1) is 8.09. The van der Waals surface area contributed by atoms with Gasteiger partial charge in [-0.25, -0.2) is 0 Å². The Morgan fingerprint density at radius 1 is 1.24 bits per heavy atom. The SMILES string of the molecule is C[C@H](N)C(=O)NCC(=O)NCc1ccccc1. The molecule has 1 aromatic carbocycles. The molecule has 0 aliphatic carbocycles. The number of hydrogen-bond acceptors (Lipinski definition) is 3. The van der Waals surface area contributed by atoms with Crippen LogP contribution >= 0.6 is 0 Å². The molecule has 0 saturated carbocycles. The predicted octanol–water partition coefficient (Wildman–Crippen LogP) is -0.234. The van der Waals surface area contributed by atoms with Gasteiger partial charge in [0.25, 0.3) is 0 Å². The quantitative estimate of drug-likeness (QED) is 0.659. The zero-order chi connectivity index (χ0) is 12.7. The van der Waals surface area contributed by atoms with Crippen LogP contribution in [0.25, 0.3) is 0 Å². The molecule has 5 heteroatoms. The lowest BCUT2D eigenvalue weighted by molar-refractivity contribution is -0.126. The Morgan fingerprint density at radius 2 is 1.88 bits per heavy atom. The molecule has 2 amide bonds. The van der Waals surface area contributed by atoms with E-state index in [9.17, 15) is 9.59 Å². The van der Waals surface area contributed by atoms with E-state index in [-0.39, 0.29) is 18.4 Å². The van der Waals surface area contributed by atoms with Gasteiger partial charge in [0.05, 0.1) is 12.6 Å². The highest BCUT2D eigenvalue weighted by molar-refractivity contribution is 5.86. The largest absolute Gasteiger partial charge is 0.350 e. The van der Waals surface area contributed by atoms with E-state index in [0.717, 1.165) is 5.56 Å². The average Bonchev–Trinajstić information content (AvgIpc) is 2.34. The van der Waals surface area contributed by atoms with Gasteiger partial charge in [-0.2, -0.15) is 0 Å². The number of nitrogens with one attached hydrogen (secondary N) is 2. The van der Waals surface area contributed by atoms with E-state index in [0.29, 0.717) is 6.54 Å². The Hall–Kier alpha value is -1.88. The summed E-state index contributed by atoms with van der Waals surface area (Å²) in [6.07, 6.45) is 0. The second-order valence-electron chi connectivity index (χ2n) is 3.77. The van der Waals surface area contributed by atoms with Gasteiger partial charge in [-0.15, -0.1) is 0 Å². The standard InChI is InChI=1S/C12H17N3O2/c1-9(13)12(17)15-8-11(16)14-7-10-5-3-2-4-6-10/h2-6,9H,7-8,13H2,1H3,(H,14,16)(H,15,17)/t9-/m0/s1. The summed E-state index contributed by atoms with van der Waals surface area (Å²) in [6, 6.07) is 8.95. The Balaban J connectivity index is 2.24. The van der Waals surface area contributed by atoms with Gasteiger partial charge < -0.3 is 16.4 Å². The van der Waals surface area contributed by atoms with Gasteiger partial charge in [0.1, 0.15) is 0 Å². The fourth-order valence-corrected chi connectivity index (χ4v) is 1.19. The summed E-state index contributed by atoms with van der Waals surface area (Å²) in [4.78, 5) is 22.5. The van der Waals surface area contributed by atoms with Crippen LogP contribution in [0.15, 0.2) is 30.3 Å². The van der Waals surface area contributed by atoms with E-state index in [4.69, 9.17) is 5.73 Å². The minimum atomic E-state index is -0.600. The van der Waals surface area contributed by atoms with Crippen molar-refractivity contribution < 1.29 is 9.59 Å². The second-order valence-corrected chi connectivity index (χ2v) is 3.77. The Labute approximate surface area is 100 Å². The maximum absolute atomic E-state index is 11.4. The Bertz CT molecular complexity index is 377. The molecular formula is C12H17N3O2. The summed E-state index contributed by atoms with van der Waals surface area (Å²) < 4.78 is 0. The van der Waals surface area contributed by atoms with Crippen molar-refractivity contribution >= 4 is 11.8 Å². The van der Waals surface area contributed by atoms with Gasteiger partial charge >= 0.3 is 0 Å². The third kappa shape index (κ3) is 5.12. The number of carbonyl (C=O) groups is 2. The molecule has 1 rings (SSSR count). The highest BCUT2D eigenvalue weighted by atomic mass is 16.2. The minimum absolute atomic E-state index is 0.0484. The van der Waals surface area contributed by atoms with Crippen LogP contribution < -0.4 is 16.4 Å². The highest BCUT2D eigenvalue weighted by Crippen LogP contribution is 1.96. The van der Waals surface area contributed by atoms with Crippen LogP contribution in [0, 0.1) is 0 Å². The van der Waals surface area contributed by atoms with Crippen LogP contribution in [-0.4, -0.2) is 24.4 Å². The Morgan fingerprint density at radius 3 is 2.47 bits per heavy atom. The van der Waals surface area contributed by atoms with Crippen LogP contribution in [0.4, 0.5) is 0 Å². The number of carbonyl (C=O) groups excluding carboxylic acids is 2. The van der Waals surface area contributed by atoms with Crippen LogP contribution in [-0.2, 0) is 16.1 Å². The minimum Gasteiger partial charge on any atom is -0.350 e. The van der Waals surface area contributed by atoms with Crippen molar-refractivity contribution in [2.75, 3.05) is 6.54 Å². The molecule has 0 bridgehead atoms. The highest BCUT2D eigenvalue weighted by Gasteiger charge is 2.08. The molecule has 0 unspecified atom stereocenters. The molecular weight excluding hydrogens is 218 g/mol. The summed E-state index contributed by atoms with van der Waals surface area (Å²) in [5.74, 6) is -0.567. The molecule has 1 aromatic rings. The monoisotopic (exact) mass is 235 g/mol. The number of benzene rings is 1. The first-order valence-electron chi connectivity index (χ1n) is 5.43. The van der Waals surface area contributed by atoms with Gasteiger partial charge in [-0.3, -0.25) is 9.59 Å². The van der Waals surface area contributed by atoms with Crippen LogP contribution in [0.2, 0.25) is 0 Å². The Kier molecular flexibility index (Phi) is 5.16. The number of amides is 2. The average molecular weight is 235 g/mol. The van der Waals surface area contributed by atoms with E-state index in [1.807, 2.05) is 30.3 Å². The molecule has 0 aromatic heterocycles. The van der Waals surface area contributed by atoms with Crippen molar-refractivity contribution in [2.45, 2.75) is 19.5 Å². The third-order valence-corrected chi connectivity index (χ3v) is 2.17. The molecule has 0 saturated heterocycles. The molecule has 0 fully saturated rings. The van der Waals surface area contributed by atoms with Gasteiger partial charge in [-0.1, -0.05) is 30.3 Å². The lowest BCUT2D eigenvalue weighted by atomic mass is 10.2. The zero-order valence-corrected chi connectivity index (χ0v) is 9.77. The fraction of sp³-hybridized carbons (Fsp3) is 0.333. The second kappa shape index (κ2) is 6.65. The van der Waals surface area contributed by atoms with Crippen LogP contribution in [0.1, 0.15) is 12.5 Å². The predicted molar refractivity (Wildman–Crippen MR) is 64.9 cm³/mol. The van der Waals surface area contributed by atoms with E-state index in [2.05, 4.69) is 10.6 Å². The summed E-state index contributed by atoms with van der Waals surface area (Å²) in [5.41, 5.74) is 6.36. The van der Waals surface area contributed by atoms with E-state index >= 15 is 0 Å². The molecule has 0 radical (unpaired) electrons. The van der Waals surface area contributed by atoms with E-state index < -0.39 is 6.04 Å². The van der Waals surface area contributed by atoms with Crippen LogP contribution in [0.3, 0.4) is 0 Å². The zero-order valence-electron chi connectivity index (χ0n) is 9.77. The molecule has 0 aliphatic heterocycles. The molecule has 4 N–H and O–H groups in total. The first kappa shape index (κ1) is 13.2. The van der Waals surface area contributed by atoms with Gasteiger partial charge in [0.15, 0.2) is 0 Å². The molecule has 5 nitrogen and oxygen atoms in total. The van der Waals surface area contributed by atoms with Crippen molar-refractivity contribution in [1.29, 1.82) is 0 Å². The number of nitrogens with two attached hydrogens (primary N) is 1. The van der Waals surface area contributed by atoms with E-state index in [1.165, 1.54) is 0 Å². The smallest absolute Gasteiger partial charge is 0.239 e. The first-order valence-corrected chi connectivity index (χ1v) is 5.43. The third-order valence-electron chi connectivity index (χ3n) is 2.17. The number of hydrogen-bond donors (Lipinski definition) is 3. The lowest BCUT2D eigenvalue weighted by Crippen LogP contribution is -2.43. The maximum Gasteiger partial charge on any atom is 0.239 e. The molecule has 92 valence electrons. The summed E-state index contributed by atoms with van der Waals surface area (Å²) in [5, 5.41) is 5.14. The summed E-state index contributed by atoms with van der Waals surface area (Å²) >= 11 is 0. The molecule has 0 heterocycles. The van der Waals surface area contributed by atoms with E-state index in [1.54, 1.807) is 6.92 Å². The van der Waals surface area contributed by atoms with Crippen molar-refractivity contribution in [3.8, 4) is 0 Å². The van der Waals surface area contributed by atoms with Crippen LogP contribution in [0.5, 0.6) is 0 Å². The topological polar surface area (TPSA) is 84.2 Å². The molecule has 0 aliphatic rings. The van der Waals surface area contributed by atoms with Crippen molar-refractivity contribution in [3.05, 3.63) is 35.9 Å². The summed E-state index contributed by atoms with van der Waals surface area (Å²) in [7, 11) is 0. The normalized spacial score (nSPS) is 11.6. The van der Waals surface area contributed by atoms with Crippen molar-refractivity contribution in [1.82, 2.24) is 10.6 Å². The van der Waals surface area contributed by atoms with Gasteiger partial charge in [0.2, 0.25) is 11.8 Å². The fourth-order valence-electron chi connectivity index (χ4n) is 1.19. The van der Waals surface area contributed by atoms with Gasteiger partial charge in [0, 0.05) is 6.54 Å². The molecule has 0 spiro atoms. The lowest BCUT2D eigenvalue weighted by Gasteiger charge is -2.08. The van der Waals surface area contributed by atoms with Crippen molar-refractivity contribution in [3.63, 3.8) is 0 Å². The molecule has 17 heavy (non-hydrogen) atoms. The maximum atomic E-state index is 11.4. The van der Waals surface area contributed by atoms with Crippen molar-refractivity contribution in [2.24, 2.45) is 5.73 Å². The molecule has 1 atom stereocenters.